The van der Waals surface area contributed by atoms with E-state index in [1.807, 2.05) is 37.3 Å². The van der Waals surface area contributed by atoms with Crippen LogP contribution in [0.5, 0.6) is 0 Å². The Morgan fingerprint density at radius 2 is 1.88 bits per heavy atom. The summed E-state index contributed by atoms with van der Waals surface area (Å²) in [5.74, 6) is -0.843. The van der Waals surface area contributed by atoms with E-state index < -0.39 is 12.1 Å². The van der Waals surface area contributed by atoms with Gasteiger partial charge in [-0.2, -0.15) is 0 Å². The molecule has 0 spiro atoms. The summed E-state index contributed by atoms with van der Waals surface area (Å²) < 4.78 is 9.34. The van der Waals surface area contributed by atoms with Gasteiger partial charge in [-0.3, -0.25) is 4.79 Å². The molecule has 0 aliphatic carbocycles. The fraction of sp³-hybridized carbons (Fsp3) is 0.385. The minimum atomic E-state index is -0.945. The Kier molecular flexibility index (Phi) is 5.20. The molecule has 1 aromatic carbocycles. The summed E-state index contributed by atoms with van der Waals surface area (Å²) in [5, 5.41) is 0. The van der Waals surface area contributed by atoms with Crippen LogP contribution < -0.4 is 0 Å². The van der Waals surface area contributed by atoms with Gasteiger partial charge < -0.3 is 9.47 Å². The highest BCUT2D eigenvalue weighted by Crippen LogP contribution is 2.06. The van der Waals surface area contributed by atoms with Crippen LogP contribution in [-0.4, -0.2) is 12.1 Å². The molecule has 0 N–H and O–H groups in total. The van der Waals surface area contributed by atoms with Crippen molar-refractivity contribution in [3.63, 3.8) is 0 Å². The Bertz CT molecular complexity index is 372. The van der Waals surface area contributed by atoms with E-state index in [2.05, 4.69) is 4.74 Å². The third-order valence-corrected chi connectivity index (χ3v) is 2.40. The first-order chi connectivity index (χ1) is 8.13. The first-order valence-electron chi connectivity index (χ1n) is 5.55. The van der Waals surface area contributed by atoms with Crippen LogP contribution in [0.15, 0.2) is 30.3 Å². The highest BCUT2D eigenvalue weighted by molar-refractivity contribution is 5.83. The van der Waals surface area contributed by atoms with Gasteiger partial charge in [0.05, 0.1) is 5.92 Å². The average molecular weight is 236 g/mol. The summed E-state index contributed by atoms with van der Waals surface area (Å²) in [6.07, 6.45) is -0.315. The van der Waals surface area contributed by atoms with Crippen molar-refractivity contribution in [2.45, 2.75) is 26.9 Å². The second-order valence-electron chi connectivity index (χ2n) is 3.75. The molecule has 92 valence electrons. The zero-order chi connectivity index (χ0) is 12.7. The van der Waals surface area contributed by atoms with Crippen LogP contribution in [0.4, 0.5) is 4.79 Å². The van der Waals surface area contributed by atoms with Crippen molar-refractivity contribution in [1.82, 2.24) is 0 Å². The predicted molar refractivity (Wildman–Crippen MR) is 62.2 cm³/mol. The summed E-state index contributed by atoms with van der Waals surface area (Å²) in [5.41, 5.74) is 0.848. The topological polar surface area (TPSA) is 52.6 Å². The van der Waals surface area contributed by atoms with E-state index in [4.69, 9.17) is 4.74 Å². The summed E-state index contributed by atoms with van der Waals surface area (Å²) in [4.78, 5) is 22.5. The lowest BCUT2D eigenvalue weighted by atomic mass is 10.1. The van der Waals surface area contributed by atoms with Gasteiger partial charge in [0.1, 0.15) is 6.61 Å². The Hall–Kier alpha value is -1.84. The van der Waals surface area contributed by atoms with Crippen LogP contribution in [0.3, 0.4) is 0 Å². The third-order valence-electron chi connectivity index (χ3n) is 2.40. The zero-order valence-corrected chi connectivity index (χ0v) is 10.0. The molecule has 0 saturated carbocycles. The molecule has 4 heteroatoms. The molecule has 0 amide bonds. The second-order valence-corrected chi connectivity index (χ2v) is 3.75. The number of ether oxygens (including phenoxy) is 2. The van der Waals surface area contributed by atoms with Gasteiger partial charge in [0.25, 0.3) is 0 Å². The lowest BCUT2D eigenvalue weighted by Gasteiger charge is -2.08. The number of esters is 1. The molecule has 1 aromatic rings. The van der Waals surface area contributed by atoms with Gasteiger partial charge in [-0.05, 0) is 12.0 Å². The van der Waals surface area contributed by atoms with E-state index in [0.29, 0.717) is 6.42 Å². The Morgan fingerprint density at radius 1 is 1.24 bits per heavy atom. The molecule has 1 atom stereocenters. The van der Waals surface area contributed by atoms with Crippen molar-refractivity contribution in [2.75, 3.05) is 0 Å². The quantitative estimate of drug-likeness (QED) is 0.595. The molecule has 0 radical (unpaired) electrons. The fourth-order valence-corrected chi connectivity index (χ4v) is 1.10. The molecule has 0 saturated heterocycles. The second kappa shape index (κ2) is 6.68. The van der Waals surface area contributed by atoms with Gasteiger partial charge >= 0.3 is 12.1 Å². The van der Waals surface area contributed by atoms with Crippen molar-refractivity contribution < 1.29 is 19.1 Å². The van der Waals surface area contributed by atoms with Crippen LogP contribution in [0, 0.1) is 5.92 Å². The minimum absolute atomic E-state index is 0.105. The van der Waals surface area contributed by atoms with Crippen LogP contribution in [0.2, 0.25) is 0 Å². The van der Waals surface area contributed by atoms with Crippen molar-refractivity contribution in [1.29, 1.82) is 0 Å². The Balaban J connectivity index is 2.33. The Labute approximate surface area is 101 Å². The van der Waals surface area contributed by atoms with Gasteiger partial charge in [-0.1, -0.05) is 44.2 Å². The summed E-state index contributed by atoms with van der Waals surface area (Å²) in [7, 11) is 0. The van der Waals surface area contributed by atoms with Gasteiger partial charge in [-0.25, -0.2) is 4.79 Å². The van der Waals surface area contributed by atoms with Crippen molar-refractivity contribution in [3.8, 4) is 0 Å². The maximum Gasteiger partial charge on any atom is 0.516 e. The number of rotatable bonds is 4. The molecule has 0 bridgehead atoms. The van der Waals surface area contributed by atoms with Crippen molar-refractivity contribution in [3.05, 3.63) is 35.9 Å². The standard InChI is InChI=1S/C13H16O4/c1-3-10(2)12(14)17-13(15)16-9-11-7-5-4-6-8-11/h4-8,10H,3,9H2,1-2H3. The molecule has 0 aromatic heterocycles. The van der Waals surface area contributed by atoms with Crippen LogP contribution in [-0.2, 0) is 20.9 Å². The predicted octanol–water partition coefficient (Wildman–Crippen LogP) is 2.91. The van der Waals surface area contributed by atoms with Crippen LogP contribution >= 0.6 is 0 Å². The van der Waals surface area contributed by atoms with Crippen molar-refractivity contribution >= 4 is 12.1 Å². The monoisotopic (exact) mass is 236 g/mol. The number of carbonyl (C=O) groups is 2. The zero-order valence-electron chi connectivity index (χ0n) is 10.0. The van der Waals surface area contributed by atoms with Gasteiger partial charge in [-0.15, -0.1) is 0 Å². The first-order valence-corrected chi connectivity index (χ1v) is 5.55. The molecular formula is C13H16O4. The van der Waals surface area contributed by atoms with Crippen molar-refractivity contribution in [2.24, 2.45) is 5.92 Å². The summed E-state index contributed by atoms with van der Waals surface area (Å²) >= 11 is 0. The molecule has 0 fully saturated rings. The largest absolute Gasteiger partial charge is 0.516 e. The fourth-order valence-electron chi connectivity index (χ4n) is 1.10. The SMILES string of the molecule is CCC(C)C(=O)OC(=O)OCc1ccccc1. The smallest absolute Gasteiger partial charge is 0.429 e. The first kappa shape index (κ1) is 13.2. The van der Waals surface area contributed by atoms with Crippen LogP contribution in [0.25, 0.3) is 0 Å². The van der Waals surface area contributed by atoms with E-state index in [1.165, 1.54) is 0 Å². The van der Waals surface area contributed by atoms with E-state index in [0.717, 1.165) is 5.56 Å². The third kappa shape index (κ3) is 4.68. The van der Waals surface area contributed by atoms with E-state index in [1.54, 1.807) is 6.92 Å². The molecule has 0 aliphatic heterocycles. The van der Waals surface area contributed by atoms with E-state index >= 15 is 0 Å². The highest BCUT2D eigenvalue weighted by Gasteiger charge is 2.17. The number of hydrogen-bond donors (Lipinski definition) is 0. The normalized spacial score (nSPS) is 11.6. The summed E-state index contributed by atoms with van der Waals surface area (Å²) in [6, 6.07) is 9.20. The van der Waals surface area contributed by atoms with Crippen LogP contribution in [0.1, 0.15) is 25.8 Å². The molecule has 4 nitrogen and oxygen atoms in total. The molecule has 1 rings (SSSR count). The number of benzene rings is 1. The molecule has 0 heterocycles. The lowest BCUT2D eigenvalue weighted by molar-refractivity contribution is -0.144. The van der Waals surface area contributed by atoms with Gasteiger partial charge in [0.2, 0.25) is 0 Å². The Morgan fingerprint density at radius 3 is 2.47 bits per heavy atom. The van der Waals surface area contributed by atoms with E-state index in [9.17, 15) is 9.59 Å². The highest BCUT2D eigenvalue weighted by atomic mass is 16.7. The number of carbonyl (C=O) groups excluding carboxylic acids is 2. The van der Waals surface area contributed by atoms with Gasteiger partial charge in [0, 0.05) is 0 Å². The summed E-state index contributed by atoms with van der Waals surface area (Å²) in [6.45, 7) is 3.65. The maximum absolute atomic E-state index is 11.3. The minimum Gasteiger partial charge on any atom is -0.429 e. The molecular weight excluding hydrogens is 220 g/mol. The molecule has 17 heavy (non-hydrogen) atoms. The number of hydrogen-bond acceptors (Lipinski definition) is 4. The lowest BCUT2D eigenvalue weighted by Crippen LogP contribution is -2.19. The maximum atomic E-state index is 11.3. The van der Waals surface area contributed by atoms with E-state index in [-0.39, 0.29) is 12.5 Å². The average Bonchev–Trinajstić information content (AvgIpc) is 2.36. The van der Waals surface area contributed by atoms with Gasteiger partial charge in [0.15, 0.2) is 0 Å². The molecule has 1 unspecified atom stereocenters. The molecule has 0 aliphatic rings.